The number of hydrogen-bond donors (Lipinski definition) is 1. The van der Waals surface area contributed by atoms with Crippen LogP contribution >= 0.6 is 23.2 Å². The van der Waals surface area contributed by atoms with Gasteiger partial charge >= 0.3 is 0 Å². The van der Waals surface area contributed by atoms with E-state index in [-0.39, 0.29) is 35.8 Å². The van der Waals surface area contributed by atoms with Crippen LogP contribution in [0.4, 0.5) is 17.1 Å². The maximum atomic E-state index is 13.3. The monoisotopic (exact) mass is 485 g/mol. The van der Waals surface area contributed by atoms with Crippen molar-refractivity contribution in [2.75, 3.05) is 28.7 Å². The Morgan fingerprint density at radius 1 is 1.15 bits per heavy atom. The number of anilines is 3. The molecule has 4 rings (SSSR count). The lowest BCUT2D eigenvalue weighted by Crippen LogP contribution is -2.44. The van der Waals surface area contributed by atoms with Crippen LogP contribution in [0.5, 0.6) is 0 Å². The van der Waals surface area contributed by atoms with Crippen molar-refractivity contribution in [2.45, 2.75) is 19.4 Å². The maximum Gasteiger partial charge on any atom is 0.292 e. The molecule has 0 spiro atoms. The number of hydrogen-bond acceptors (Lipinski definition) is 5. The normalized spacial score (nSPS) is 15.5. The molecule has 2 heterocycles. The van der Waals surface area contributed by atoms with Gasteiger partial charge in [0, 0.05) is 24.5 Å². The van der Waals surface area contributed by atoms with Crippen LogP contribution in [-0.2, 0) is 9.59 Å². The van der Waals surface area contributed by atoms with Crippen LogP contribution in [0.1, 0.15) is 13.3 Å². The smallest absolute Gasteiger partial charge is 0.292 e. The van der Waals surface area contributed by atoms with Gasteiger partial charge in [0.1, 0.15) is 5.02 Å². The van der Waals surface area contributed by atoms with E-state index in [0.717, 1.165) is 0 Å². The summed E-state index contributed by atoms with van der Waals surface area (Å²) in [5.41, 5.74) is 1.53. The molecule has 0 fully saturated rings. The molecule has 1 N–H and O–H groups in total. The van der Waals surface area contributed by atoms with Gasteiger partial charge < -0.3 is 15.1 Å². The van der Waals surface area contributed by atoms with E-state index in [1.54, 1.807) is 59.3 Å². The van der Waals surface area contributed by atoms with Crippen molar-refractivity contribution < 1.29 is 9.59 Å². The van der Waals surface area contributed by atoms with Crippen LogP contribution in [-0.4, -0.2) is 41.2 Å². The lowest BCUT2D eigenvalue weighted by Gasteiger charge is -2.30. The van der Waals surface area contributed by atoms with Crippen molar-refractivity contribution in [2.24, 2.45) is 0 Å². The zero-order chi connectivity index (χ0) is 23.7. The van der Waals surface area contributed by atoms with Crippen molar-refractivity contribution in [3.05, 3.63) is 75.1 Å². The summed E-state index contributed by atoms with van der Waals surface area (Å²) in [6.45, 7) is 1.75. The molecule has 8 nitrogen and oxygen atoms in total. The van der Waals surface area contributed by atoms with Gasteiger partial charge in [-0.25, -0.2) is 0 Å². The molecule has 1 aliphatic heterocycles. The second-order valence-corrected chi connectivity index (χ2v) is 8.59. The van der Waals surface area contributed by atoms with Crippen LogP contribution in [0.25, 0.3) is 5.69 Å². The molecule has 0 saturated heterocycles. The van der Waals surface area contributed by atoms with Gasteiger partial charge in [-0.3, -0.25) is 14.4 Å². The molecule has 1 aliphatic rings. The van der Waals surface area contributed by atoms with Gasteiger partial charge in [-0.1, -0.05) is 35.3 Å². The summed E-state index contributed by atoms with van der Waals surface area (Å²) in [6, 6.07) is 13.4. The standard InChI is InChI=1S/C23H21Cl2N5O3/c1-14-11-20(31)27-17-5-3-4-6-18(17)29(14)21(32)13-28(2)19-12-26-30(23(33)22(19)25)16-9-7-15(24)8-10-16/h3-10,12,14H,11,13H2,1-2H3,(H,27,31). The molecule has 2 aromatic carbocycles. The molecule has 33 heavy (non-hydrogen) atoms. The highest BCUT2D eigenvalue weighted by Gasteiger charge is 2.30. The minimum absolute atomic E-state index is 0.0589. The average Bonchev–Trinajstić information content (AvgIpc) is 2.90. The Bertz CT molecular complexity index is 1280. The van der Waals surface area contributed by atoms with Crippen LogP contribution < -0.4 is 20.7 Å². The first-order valence-corrected chi connectivity index (χ1v) is 11.0. The fourth-order valence-corrected chi connectivity index (χ4v) is 4.19. The lowest BCUT2D eigenvalue weighted by atomic mass is 10.1. The highest BCUT2D eigenvalue weighted by Crippen LogP contribution is 2.31. The number of rotatable bonds is 4. The summed E-state index contributed by atoms with van der Waals surface area (Å²) in [6.07, 6.45) is 1.61. The van der Waals surface area contributed by atoms with Gasteiger partial charge in [-0.2, -0.15) is 9.78 Å². The van der Waals surface area contributed by atoms with Crippen molar-refractivity contribution in [1.82, 2.24) is 9.78 Å². The van der Waals surface area contributed by atoms with Crippen LogP contribution in [0.15, 0.2) is 59.5 Å². The molecule has 10 heteroatoms. The third-order valence-corrected chi connectivity index (χ3v) is 5.99. The maximum absolute atomic E-state index is 13.3. The van der Waals surface area contributed by atoms with Gasteiger partial charge in [-0.05, 0) is 43.3 Å². The fourth-order valence-electron chi connectivity index (χ4n) is 3.79. The molecular weight excluding hydrogens is 465 g/mol. The van der Waals surface area contributed by atoms with Crippen LogP contribution in [0, 0.1) is 0 Å². The quantitative estimate of drug-likeness (QED) is 0.607. The first kappa shape index (κ1) is 22.8. The van der Waals surface area contributed by atoms with Gasteiger partial charge in [0.2, 0.25) is 11.8 Å². The summed E-state index contributed by atoms with van der Waals surface area (Å²) < 4.78 is 1.17. The van der Waals surface area contributed by atoms with E-state index < -0.39 is 5.56 Å². The highest BCUT2D eigenvalue weighted by molar-refractivity contribution is 6.33. The van der Waals surface area contributed by atoms with Crippen LogP contribution in [0.2, 0.25) is 10.0 Å². The van der Waals surface area contributed by atoms with Gasteiger partial charge in [-0.15, -0.1) is 0 Å². The Balaban J connectivity index is 1.61. The second kappa shape index (κ2) is 9.25. The SMILES string of the molecule is CC1CC(=O)Nc2ccccc2N1C(=O)CN(C)c1cnn(-c2ccc(Cl)cc2)c(=O)c1Cl. The van der Waals surface area contributed by atoms with Crippen molar-refractivity contribution in [3.8, 4) is 5.69 Å². The Kier molecular flexibility index (Phi) is 6.40. The number of carbonyl (C=O) groups excluding carboxylic acids is 2. The van der Waals surface area contributed by atoms with Gasteiger partial charge in [0.25, 0.3) is 5.56 Å². The molecule has 0 radical (unpaired) electrons. The number of nitrogens with one attached hydrogen (secondary N) is 1. The number of nitrogens with zero attached hydrogens (tertiary/aromatic N) is 4. The summed E-state index contributed by atoms with van der Waals surface area (Å²) >= 11 is 12.3. The van der Waals surface area contributed by atoms with E-state index in [1.165, 1.54) is 10.9 Å². The average molecular weight is 486 g/mol. The molecule has 3 aromatic rings. The molecule has 1 aromatic heterocycles. The molecule has 0 saturated carbocycles. The summed E-state index contributed by atoms with van der Waals surface area (Å²) in [4.78, 5) is 41.5. The number of likely N-dealkylation sites (N-methyl/N-ethyl adjacent to an activating group) is 1. The van der Waals surface area contributed by atoms with E-state index >= 15 is 0 Å². The van der Waals surface area contributed by atoms with E-state index in [9.17, 15) is 14.4 Å². The van der Waals surface area contributed by atoms with E-state index in [0.29, 0.717) is 27.8 Å². The minimum Gasteiger partial charge on any atom is -0.363 e. The predicted molar refractivity (Wildman–Crippen MR) is 130 cm³/mol. The molecule has 0 aliphatic carbocycles. The second-order valence-electron chi connectivity index (χ2n) is 7.78. The van der Waals surface area contributed by atoms with Crippen LogP contribution in [0.3, 0.4) is 0 Å². The van der Waals surface area contributed by atoms with Crippen molar-refractivity contribution in [3.63, 3.8) is 0 Å². The van der Waals surface area contributed by atoms with Crippen molar-refractivity contribution in [1.29, 1.82) is 0 Å². The summed E-state index contributed by atoms with van der Waals surface area (Å²) in [7, 11) is 1.66. The first-order valence-electron chi connectivity index (χ1n) is 10.2. The van der Waals surface area contributed by atoms with E-state index in [1.807, 2.05) is 13.0 Å². The Morgan fingerprint density at radius 2 is 1.85 bits per heavy atom. The number of carbonyl (C=O) groups is 2. The fraction of sp³-hybridized carbons (Fsp3) is 0.217. The third kappa shape index (κ3) is 4.58. The number of aromatic nitrogens is 2. The Hall–Kier alpha value is -3.36. The van der Waals surface area contributed by atoms with E-state index in [4.69, 9.17) is 23.2 Å². The zero-order valence-corrected chi connectivity index (χ0v) is 19.5. The number of para-hydroxylation sites is 2. The number of halogens is 2. The Morgan fingerprint density at radius 3 is 2.58 bits per heavy atom. The van der Waals surface area contributed by atoms with Gasteiger partial charge in [0.15, 0.2) is 0 Å². The lowest BCUT2D eigenvalue weighted by molar-refractivity contribution is -0.118. The first-order chi connectivity index (χ1) is 15.8. The Labute approximate surface area is 200 Å². The third-order valence-electron chi connectivity index (χ3n) is 5.38. The predicted octanol–water partition coefficient (Wildman–Crippen LogP) is 3.74. The number of benzene rings is 2. The number of amides is 2. The molecule has 170 valence electrons. The molecule has 2 amide bonds. The summed E-state index contributed by atoms with van der Waals surface area (Å²) in [5, 5.41) is 7.52. The topological polar surface area (TPSA) is 87.5 Å². The van der Waals surface area contributed by atoms with E-state index in [2.05, 4.69) is 10.4 Å². The van der Waals surface area contributed by atoms with Gasteiger partial charge in [0.05, 0.1) is 35.5 Å². The van der Waals surface area contributed by atoms with Crippen molar-refractivity contribution >= 4 is 52.1 Å². The highest BCUT2D eigenvalue weighted by atomic mass is 35.5. The molecule has 1 atom stereocenters. The largest absolute Gasteiger partial charge is 0.363 e. The minimum atomic E-state index is -0.515. The zero-order valence-electron chi connectivity index (χ0n) is 18.0. The summed E-state index contributed by atoms with van der Waals surface area (Å²) in [5.74, 6) is -0.399. The molecule has 1 unspecified atom stereocenters. The number of fused-ring (bicyclic) bond motifs is 1. The molecule has 0 bridgehead atoms. The molecular formula is C23H21Cl2N5O3.